The Morgan fingerprint density at radius 2 is 2.00 bits per heavy atom. The van der Waals surface area contributed by atoms with Gasteiger partial charge in [0.1, 0.15) is 11.6 Å². The second kappa shape index (κ2) is 6.04. The van der Waals surface area contributed by atoms with E-state index in [4.69, 9.17) is 0 Å². The zero-order chi connectivity index (χ0) is 13.9. The predicted octanol–water partition coefficient (Wildman–Crippen LogP) is 3.55. The topological polar surface area (TPSA) is 20.3 Å². The van der Waals surface area contributed by atoms with Gasteiger partial charge in [-0.3, -0.25) is 9.69 Å². The third kappa shape index (κ3) is 2.78. The van der Waals surface area contributed by atoms with Crippen molar-refractivity contribution in [2.45, 2.75) is 51.1 Å². The molecule has 2 atom stereocenters. The first kappa shape index (κ1) is 13.7. The Labute approximate surface area is 120 Å². The quantitative estimate of drug-likeness (QED) is 0.841. The second-order valence-electron chi connectivity index (χ2n) is 6.09. The minimum Gasteiger partial charge on any atom is -0.299 e. The van der Waals surface area contributed by atoms with Crippen LogP contribution in [0.3, 0.4) is 0 Å². The van der Waals surface area contributed by atoms with Crippen LogP contribution in [0.5, 0.6) is 0 Å². The summed E-state index contributed by atoms with van der Waals surface area (Å²) in [4.78, 5) is 14.4. The van der Waals surface area contributed by atoms with E-state index in [9.17, 15) is 9.18 Å². The Kier molecular flexibility index (Phi) is 4.16. The molecule has 0 radical (unpaired) electrons. The van der Waals surface area contributed by atoms with Gasteiger partial charge in [-0.25, -0.2) is 4.39 Å². The molecule has 108 valence electrons. The number of piperidine rings is 1. The number of halogens is 1. The number of hydrogen-bond acceptors (Lipinski definition) is 2. The molecule has 1 aliphatic carbocycles. The van der Waals surface area contributed by atoms with Gasteiger partial charge in [0.2, 0.25) is 0 Å². The van der Waals surface area contributed by atoms with Crippen LogP contribution in [-0.2, 0) is 11.3 Å². The minimum atomic E-state index is -0.130. The monoisotopic (exact) mass is 275 g/mol. The third-order valence-electron chi connectivity index (χ3n) is 4.81. The first-order valence-electron chi connectivity index (χ1n) is 7.76. The summed E-state index contributed by atoms with van der Waals surface area (Å²) in [5.41, 5.74) is 0.754. The van der Waals surface area contributed by atoms with Crippen LogP contribution < -0.4 is 0 Å². The largest absolute Gasteiger partial charge is 0.299 e. The fourth-order valence-corrected chi connectivity index (χ4v) is 3.76. The van der Waals surface area contributed by atoms with Gasteiger partial charge in [-0.1, -0.05) is 24.6 Å². The summed E-state index contributed by atoms with van der Waals surface area (Å²) in [6.07, 6.45) is 6.25. The van der Waals surface area contributed by atoms with Gasteiger partial charge < -0.3 is 0 Å². The average molecular weight is 275 g/mol. The van der Waals surface area contributed by atoms with E-state index in [1.165, 1.54) is 12.5 Å². The smallest absolute Gasteiger partial charge is 0.137 e. The molecule has 0 bridgehead atoms. The Morgan fingerprint density at radius 3 is 2.75 bits per heavy atom. The van der Waals surface area contributed by atoms with Crippen LogP contribution in [-0.4, -0.2) is 23.3 Å². The Bertz CT molecular complexity index is 488. The van der Waals surface area contributed by atoms with Crippen LogP contribution in [0.25, 0.3) is 0 Å². The number of carbonyl (C=O) groups excluding carboxylic acids is 1. The number of rotatable bonds is 3. The first-order valence-corrected chi connectivity index (χ1v) is 7.76. The molecule has 2 aliphatic rings. The van der Waals surface area contributed by atoms with E-state index in [-0.39, 0.29) is 11.7 Å². The SMILES string of the molecule is O=C1CCCC1C1CCCCN1Cc1ccccc1F. The summed E-state index contributed by atoms with van der Waals surface area (Å²) in [6.45, 7) is 1.63. The predicted molar refractivity (Wildman–Crippen MR) is 76.8 cm³/mol. The van der Waals surface area contributed by atoms with Gasteiger partial charge in [0.25, 0.3) is 0 Å². The van der Waals surface area contributed by atoms with Crippen LogP contribution in [0.1, 0.15) is 44.1 Å². The minimum absolute atomic E-state index is 0.130. The summed E-state index contributed by atoms with van der Waals surface area (Å²) in [5.74, 6) is 0.493. The fourth-order valence-electron chi connectivity index (χ4n) is 3.76. The zero-order valence-electron chi connectivity index (χ0n) is 11.9. The standard InChI is InChI=1S/C17H22FNO/c18-15-8-2-1-6-13(15)12-19-11-4-3-9-16(19)14-7-5-10-17(14)20/h1-2,6,8,14,16H,3-5,7,9-12H2. The summed E-state index contributed by atoms with van der Waals surface area (Å²) < 4.78 is 13.8. The third-order valence-corrected chi connectivity index (χ3v) is 4.81. The van der Waals surface area contributed by atoms with Crippen molar-refractivity contribution < 1.29 is 9.18 Å². The normalized spacial score (nSPS) is 27.9. The van der Waals surface area contributed by atoms with Crippen molar-refractivity contribution in [3.05, 3.63) is 35.6 Å². The van der Waals surface area contributed by atoms with Crippen molar-refractivity contribution in [1.82, 2.24) is 4.90 Å². The van der Waals surface area contributed by atoms with Gasteiger partial charge in [-0.15, -0.1) is 0 Å². The van der Waals surface area contributed by atoms with Crippen molar-refractivity contribution in [1.29, 1.82) is 0 Å². The van der Waals surface area contributed by atoms with Crippen LogP contribution >= 0.6 is 0 Å². The Morgan fingerprint density at radius 1 is 1.15 bits per heavy atom. The maximum Gasteiger partial charge on any atom is 0.137 e. The molecule has 2 nitrogen and oxygen atoms in total. The molecular weight excluding hydrogens is 253 g/mol. The molecule has 0 aromatic heterocycles. The van der Waals surface area contributed by atoms with E-state index >= 15 is 0 Å². The Hall–Kier alpha value is -1.22. The molecule has 0 N–H and O–H groups in total. The van der Waals surface area contributed by atoms with Crippen LogP contribution in [0, 0.1) is 11.7 Å². The fraction of sp³-hybridized carbons (Fsp3) is 0.588. The highest BCUT2D eigenvalue weighted by molar-refractivity contribution is 5.83. The number of benzene rings is 1. The molecule has 1 heterocycles. The van der Waals surface area contributed by atoms with Crippen molar-refractivity contribution >= 4 is 5.78 Å². The van der Waals surface area contributed by atoms with Gasteiger partial charge in [0, 0.05) is 30.5 Å². The lowest BCUT2D eigenvalue weighted by Crippen LogP contribution is -2.45. The van der Waals surface area contributed by atoms with Gasteiger partial charge in [0.05, 0.1) is 0 Å². The van der Waals surface area contributed by atoms with Crippen LogP contribution in [0.15, 0.2) is 24.3 Å². The number of ketones is 1. The molecule has 1 aliphatic heterocycles. The lowest BCUT2D eigenvalue weighted by Gasteiger charge is -2.38. The maximum atomic E-state index is 13.8. The van der Waals surface area contributed by atoms with E-state index in [2.05, 4.69) is 4.90 Å². The molecule has 1 saturated heterocycles. The van der Waals surface area contributed by atoms with Crippen LogP contribution in [0.4, 0.5) is 4.39 Å². The molecule has 1 saturated carbocycles. The van der Waals surface area contributed by atoms with Crippen molar-refractivity contribution in [2.24, 2.45) is 5.92 Å². The van der Waals surface area contributed by atoms with E-state index in [1.807, 2.05) is 12.1 Å². The molecular formula is C17H22FNO. The van der Waals surface area contributed by atoms with Crippen LogP contribution in [0.2, 0.25) is 0 Å². The van der Waals surface area contributed by atoms with Gasteiger partial charge in [-0.2, -0.15) is 0 Å². The second-order valence-corrected chi connectivity index (χ2v) is 6.09. The van der Waals surface area contributed by atoms with Crippen molar-refractivity contribution in [3.63, 3.8) is 0 Å². The van der Waals surface area contributed by atoms with E-state index < -0.39 is 0 Å². The average Bonchev–Trinajstić information content (AvgIpc) is 2.88. The summed E-state index contributed by atoms with van der Waals surface area (Å²) in [7, 11) is 0. The van der Waals surface area contributed by atoms with Gasteiger partial charge in [-0.05, 0) is 38.3 Å². The van der Waals surface area contributed by atoms with Crippen molar-refractivity contribution in [2.75, 3.05) is 6.54 Å². The van der Waals surface area contributed by atoms with Crippen molar-refractivity contribution in [3.8, 4) is 0 Å². The number of hydrogen-bond donors (Lipinski definition) is 0. The number of likely N-dealkylation sites (tertiary alicyclic amines) is 1. The lowest BCUT2D eigenvalue weighted by atomic mass is 9.88. The Balaban J connectivity index is 1.75. The number of nitrogens with zero attached hydrogens (tertiary/aromatic N) is 1. The summed E-state index contributed by atoms with van der Waals surface area (Å²) in [6, 6.07) is 7.33. The van der Waals surface area contributed by atoms with Gasteiger partial charge in [0.15, 0.2) is 0 Å². The highest BCUT2D eigenvalue weighted by Crippen LogP contribution is 2.33. The molecule has 0 spiro atoms. The van der Waals surface area contributed by atoms with E-state index in [1.54, 1.807) is 6.07 Å². The molecule has 2 fully saturated rings. The molecule has 3 heteroatoms. The molecule has 0 amide bonds. The zero-order valence-corrected chi connectivity index (χ0v) is 11.9. The maximum absolute atomic E-state index is 13.8. The molecule has 2 unspecified atom stereocenters. The highest BCUT2D eigenvalue weighted by atomic mass is 19.1. The van der Waals surface area contributed by atoms with E-state index in [0.717, 1.165) is 44.2 Å². The molecule has 1 aromatic carbocycles. The summed E-state index contributed by atoms with van der Waals surface area (Å²) >= 11 is 0. The summed E-state index contributed by atoms with van der Waals surface area (Å²) in [5, 5.41) is 0. The molecule has 1 aromatic rings. The molecule has 3 rings (SSSR count). The highest BCUT2D eigenvalue weighted by Gasteiger charge is 2.36. The van der Waals surface area contributed by atoms with Gasteiger partial charge >= 0.3 is 0 Å². The number of carbonyl (C=O) groups is 1. The lowest BCUT2D eigenvalue weighted by molar-refractivity contribution is -0.123. The van der Waals surface area contributed by atoms with E-state index in [0.29, 0.717) is 18.4 Å². The number of Topliss-reactive ketones (excluding diaryl/α,β-unsaturated/α-hetero) is 1. The molecule has 20 heavy (non-hydrogen) atoms. The first-order chi connectivity index (χ1) is 9.75.